The van der Waals surface area contributed by atoms with Crippen molar-refractivity contribution in [2.24, 2.45) is 16.2 Å². The van der Waals surface area contributed by atoms with E-state index in [1.165, 1.54) is 6.92 Å². The van der Waals surface area contributed by atoms with E-state index in [0.717, 1.165) is 0 Å². The van der Waals surface area contributed by atoms with Gasteiger partial charge in [0.25, 0.3) is 0 Å². The SMILES string of the molecule is CC(=O)NCCN=NN. The molecule has 0 heterocycles. The second kappa shape index (κ2) is 5.02. The number of carbonyl (C=O) groups excluding carboxylic acids is 1. The van der Waals surface area contributed by atoms with E-state index >= 15 is 0 Å². The topological polar surface area (TPSA) is 79.8 Å². The molecule has 0 aromatic rings. The fourth-order valence-electron chi connectivity index (χ4n) is 0.340. The van der Waals surface area contributed by atoms with Crippen LogP contribution >= 0.6 is 0 Å². The summed E-state index contributed by atoms with van der Waals surface area (Å²) >= 11 is 0. The first-order valence-electron chi connectivity index (χ1n) is 2.58. The number of carbonyl (C=O) groups is 1. The first kappa shape index (κ1) is 7.87. The van der Waals surface area contributed by atoms with Crippen molar-refractivity contribution < 1.29 is 4.79 Å². The summed E-state index contributed by atoms with van der Waals surface area (Å²) in [7, 11) is 0. The lowest BCUT2D eigenvalue weighted by atomic mass is 10.6. The average Bonchev–Trinajstić information content (AvgIpc) is 1.80. The van der Waals surface area contributed by atoms with Crippen molar-refractivity contribution in [3.05, 3.63) is 0 Å². The zero-order chi connectivity index (χ0) is 7.11. The Labute approximate surface area is 53.3 Å². The van der Waals surface area contributed by atoms with Crippen molar-refractivity contribution >= 4 is 5.91 Å². The second-order valence-electron chi connectivity index (χ2n) is 1.46. The average molecular weight is 130 g/mol. The number of rotatable bonds is 3. The molecule has 52 valence electrons. The van der Waals surface area contributed by atoms with Crippen LogP contribution < -0.4 is 11.2 Å². The Morgan fingerprint density at radius 3 is 2.89 bits per heavy atom. The first-order valence-corrected chi connectivity index (χ1v) is 2.58. The molecule has 0 saturated heterocycles. The van der Waals surface area contributed by atoms with E-state index in [4.69, 9.17) is 5.84 Å². The molecule has 3 N–H and O–H groups in total. The molecule has 0 aliphatic heterocycles. The predicted molar refractivity (Wildman–Crippen MR) is 32.6 cm³/mol. The molecule has 9 heavy (non-hydrogen) atoms. The molecule has 0 atom stereocenters. The molecule has 0 rings (SSSR count). The van der Waals surface area contributed by atoms with Crippen LogP contribution in [0.5, 0.6) is 0 Å². The van der Waals surface area contributed by atoms with Gasteiger partial charge in [0.15, 0.2) is 0 Å². The van der Waals surface area contributed by atoms with Gasteiger partial charge in [0.05, 0.1) is 6.54 Å². The maximum absolute atomic E-state index is 10.2. The van der Waals surface area contributed by atoms with Crippen LogP contribution in [0.3, 0.4) is 0 Å². The van der Waals surface area contributed by atoms with Crippen LogP contribution in [0.15, 0.2) is 10.3 Å². The van der Waals surface area contributed by atoms with Gasteiger partial charge >= 0.3 is 0 Å². The third kappa shape index (κ3) is 6.87. The van der Waals surface area contributed by atoms with Gasteiger partial charge in [0.1, 0.15) is 0 Å². The number of nitrogens with one attached hydrogen (secondary N) is 1. The lowest BCUT2D eigenvalue weighted by molar-refractivity contribution is -0.118. The fraction of sp³-hybridized carbons (Fsp3) is 0.750. The summed E-state index contributed by atoms with van der Waals surface area (Å²) in [4.78, 5) is 10.2. The van der Waals surface area contributed by atoms with E-state index in [1.54, 1.807) is 0 Å². The van der Waals surface area contributed by atoms with Crippen LogP contribution in [-0.2, 0) is 4.79 Å². The van der Waals surface area contributed by atoms with E-state index in [1.807, 2.05) is 0 Å². The van der Waals surface area contributed by atoms with Crippen LogP contribution in [0.2, 0.25) is 0 Å². The van der Waals surface area contributed by atoms with Crippen LogP contribution in [0.25, 0.3) is 0 Å². The van der Waals surface area contributed by atoms with Crippen molar-refractivity contribution in [2.75, 3.05) is 13.1 Å². The molecule has 0 radical (unpaired) electrons. The fourth-order valence-corrected chi connectivity index (χ4v) is 0.340. The predicted octanol–water partition coefficient (Wildman–Crippen LogP) is -0.552. The molecular formula is C4H10N4O. The minimum absolute atomic E-state index is 0.0674. The Balaban J connectivity index is 3.01. The smallest absolute Gasteiger partial charge is 0.216 e. The van der Waals surface area contributed by atoms with Crippen molar-refractivity contribution in [1.82, 2.24) is 5.32 Å². The summed E-state index contributed by atoms with van der Waals surface area (Å²) < 4.78 is 0. The molecule has 0 aliphatic rings. The standard InChI is InChI=1S/C4H10N4O/c1-4(9)6-2-3-7-8-5/h2-3H2,1H3,(H2,5,7)(H,6,9). The lowest BCUT2D eigenvalue weighted by Gasteiger charge is -1.94. The van der Waals surface area contributed by atoms with Crippen molar-refractivity contribution in [2.45, 2.75) is 6.92 Å². The molecule has 0 aromatic carbocycles. The zero-order valence-corrected chi connectivity index (χ0v) is 5.29. The Hall–Kier alpha value is -1.13. The largest absolute Gasteiger partial charge is 0.354 e. The highest BCUT2D eigenvalue weighted by Gasteiger charge is 1.86. The van der Waals surface area contributed by atoms with Gasteiger partial charge in [0.2, 0.25) is 5.91 Å². The molecule has 0 unspecified atom stereocenters. The second-order valence-corrected chi connectivity index (χ2v) is 1.46. The zero-order valence-electron chi connectivity index (χ0n) is 5.29. The molecule has 0 saturated carbocycles. The molecule has 1 amide bonds. The van der Waals surface area contributed by atoms with Gasteiger partial charge in [-0.3, -0.25) is 4.79 Å². The summed E-state index contributed by atoms with van der Waals surface area (Å²) in [6.07, 6.45) is 0. The highest BCUT2D eigenvalue weighted by molar-refractivity contribution is 5.72. The minimum atomic E-state index is -0.0674. The van der Waals surface area contributed by atoms with Gasteiger partial charge in [-0.2, -0.15) is 5.11 Å². The number of hydrogen-bond donors (Lipinski definition) is 2. The van der Waals surface area contributed by atoms with Crippen LogP contribution in [0.4, 0.5) is 0 Å². The molecule has 5 heteroatoms. The molecule has 0 bridgehead atoms. The summed E-state index contributed by atoms with van der Waals surface area (Å²) in [6, 6.07) is 0. The van der Waals surface area contributed by atoms with E-state index < -0.39 is 0 Å². The van der Waals surface area contributed by atoms with Crippen LogP contribution in [0, 0.1) is 0 Å². The van der Waals surface area contributed by atoms with Gasteiger partial charge in [-0.15, -0.1) is 0 Å². The lowest BCUT2D eigenvalue weighted by Crippen LogP contribution is -2.22. The number of nitrogens with zero attached hydrogens (tertiary/aromatic N) is 2. The highest BCUT2D eigenvalue weighted by Crippen LogP contribution is 1.66. The molecule has 0 aromatic heterocycles. The Morgan fingerprint density at radius 1 is 1.78 bits per heavy atom. The molecule has 0 fully saturated rings. The maximum atomic E-state index is 10.2. The molecular weight excluding hydrogens is 120 g/mol. The van der Waals surface area contributed by atoms with Crippen LogP contribution in [0.1, 0.15) is 6.92 Å². The Kier molecular flexibility index (Phi) is 4.39. The highest BCUT2D eigenvalue weighted by atomic mass is 16.1. The van der Waals surface area contributed by atoms with E-state index in [-0.39, 0.29) is 5.91 Å². The van der Waals surface area contributed by atoms with Crippen molar-refractivity contribution in [3.8, 4) is 0 Å². The van der Waals surface area contributed by atoms with Gasteiger partial charge in [-0.05, 0) is 0 Å². The van der Waals surface area contributed by atoms with Gasteiger partial charge in [0, 0.05) is 13.5 Å². The number of amides is 1. The summed E-state index contributed by atoms with van der Waals surface area (Å²) in [5, 5.41) is 8.97. The quantitative estimate of drug-likeness (QED) is 0.232. The summed E-state index contributed by atoms with van der Waals surface area (Å²) in [5.74, 6) is 4.62. The Morgan fingerprint density at radius 2 is 2.44 bits per heavy atom. The van der Waals surface area contributed by atoms with Gasteiger partial charge < -0.3 is 11.2 Å². The number of nitrogens with two attached hydrogens (primary N) is 1. The van der Waals surface area contributed by atoms with E-state index in [0.29, 0.717) is 13.1 Å². The van der Waals surface area contributed by atoms with Gasteiger partial charge in [-0.1, -0.05) is 5.22 Å². The molecule has 0 spiro atoms. The number of hydrogen-bond acceptors (Lipinski definition) is 3. The van der Waals surface area contributed by atoms with E-state index in [9.17, 15) is 4.79 Å². The normalized spacial score (nSPS) is 9.89. The van der Waals surface area contributed by atoms with Crippen molar-refractivity contribution in [3.63, 3.8) is 0 Å². The van der Waals surface area contributed by atoms with E-state index in [2.05, 4.69) is 15.7 Å². The van der Waals surface area contributed by atoms with Gasteiger partial charge in [-0.25, -0.2) is 0 Å². The minimum Gasteiger partial charge on any atom is -0.354 e. The first-order chi connectivity index (χ1) is 4.27. The van der Waals surface area contributed by atoms with Crippen LogP contribution in [-0.4, -0.2) is 19.0 Å². The third-order valence-corrected chi connectivity index (χ3v) is 0.667. The monoisotopic (exact) mass is 130 g/mol. The third-order valence-electron chi connectivity index (χ3n) is 0.667. The molecule has 0 aliphatic carbocycles. The molecule has 5 nitrogen and oxygen atoms in total. The Bertz CT molecular complexity index is 111. The van der Waals surface area contributed by atoms with Crippen molar-refractivity contribution in [1.29, 1.82) is 0 Å². The summed E-state index contributed by atoms with van der Waals surface area (Å²) in [5.41, 5.74) is 0. The summed E-state index contributed by atoms with van der Waals surface area (Å²) in [6.45, 7) is 2.38. The maximum Gasteiger partial charge on any atom is 0.216 e.